The third-order valence-electron chi connectivity index (χ3n) is 2.36. The Morgan fingerprint density at radius 1 is 1.42 bits per heavy atom. The Balaban J connectivity index is 2.77. The summed E-state index contributed by atoms with van der Waals surface area (Å²) in [6.07, 6.45) is 0. The highest BCUT2D eigenvalue weighted by atomic mass is 32.1. The summed E-state index contributed by atoms with van der Waals surface area (Å²) >= 11 is 0.811. The van der Waals surface area contributed by atoms with Gasteiger partial charge in [-0.1, -0.05) is 11.3 Å². The fourth-order valence-corrected chi connectivity index (χ4v) is 2.24. The molecule has 0 fully saturated rings. The van der Waals surface area contributed by atoms with Gasteiger partial charge in [0, 0.05) is 19.2 Å². The van der Waals surface area contributed by atoms with E-state index in [0.717, 1.165) is 11.3 Å². The minimum absolute atomic E-state index is 0.0468. The molecule has 2 amide bonds. The maximum Gasteiger partial charge on any atom is 0.324 e. The highest BCUT2D eigenvalue weighted by Gasteiger charge is 2.21. The lowest BCUT2D eigenvalue weighted by molar-refractivity contribution is -0.380. The molecular formula is C11H15N3O4S. The predicted molar refractivity (Wildman–Crippen MR) is 71.2 cm³/mol. The number of thiophene rings is 1. The van der Waals surface area contributed by atoms with Crippen LogP contribution < -0.4 is 5.32 Å². The van der Waals surface area contributed by atoms with Crippen molar-refractivity contribution in [3.05, 3.63) is 27.1 Å². The van der Waals surface area contributed by atoms with E-state index in [1.54, 1.807) is 13.8 Å². The Morgan fingerprint density at radius 2 is 2.11 bits per heavy atom. The van der Waals surface area contributed by atoms with Crippen LogP contribution in [0.4, 0.5) is 5.00 Å². The zero-order valence-corrected chi connectivity index (χ0v) is 11.5. The predicted octanol–water partition coefficient (Wildman–Crippen LogP) is 1.25. The van der Waals surface area contributed by atoms with Gasteiger partial charge in [-0.25, -0.2) is 0 Å². The van der Waals surface area contributed by atoms with Crippen LogP contribution in [0.15, 0.2) is 12.1 Å². The summed E-state index contributed by atoms with van der Waals surface area (Å²) in [5, 5.41) is 13.1. The number of carbonyl (C=O) groups excluding carboxylic acids is 2. The molecule has 7 nitrogen and oxygen atoms in total. The lowest BCUT2D eigenvalue weighted by Gasteiger charge is -2.19. The lowest BCUT2D eigenvalue weighted by Crippen LogP contribution is -2.40. The molecule has 0 radical (unpaired) electrons. The number of nitro groups is 1. The molecule has 104 valence electrons. The molecule has 0 aliphatic rings. The van der Waals surface area contributed by atoms with Crippen molar-refractivity contribution < 1.29 is 14.5 Å². The molecule has 0 aliphatic carbocycles. The molecule has 1 rings (SSSR count). The van der Waals surface area contributed by atoms with Crippen LogP contribution in [0.25, 0.3) is 0 Å². The number of nitrogens with one attached hydrogen (secondary N) is 1. The Labute approximate surface area is 114 Å². The Bertz CT molecular complexity index is 486. The normalized spacial score (nSPS) is 10.0. The Morgan fingerprint density at radius 3 is 2.58 bits per heavy atom. The van der Waals surface area contributed by atoms with Crippen molar-refractivity contribution in [1.29, 1.82) is 0 Å². The van der Waals surface area contributed by atoms with E-state index >= 15 is 0 Å². The molecular weight excluding hydrogens is 270 g/mol. The average molecular weight is 285 g/mol. The second kappa shape index (κ2) is 6.83. The number of hydrogen-bond donors (Lipinski definition) is 1. The first-order valence-electron chi connectivity index (χ1n) is 5.79. The van der Waals surface area contributed by atoms with Crippen molar-refractivity contribution in [2.75, 3.05) is 19.6 Å². The number of amides is 2. The number of nitrogens with zero attached hydrogens (tertiary/aromatic N) is 2. The van der Waals surface area contributed by atoms with E-state index in [2.05, 4.69) is 5.32 Å². The van der Waals surface area contributed by atoms with Gasteiger partial charge in [0.15, 0.2) is 0 Å². The summed E-state index contributed by atoms with van der Waals surface area (Å²) in [6.45, 7) is 4.35. The molecule has 0 saturated carbocycles. The van der Waals surface area contributed by atoms with Crippen LogP contribution in [0.2, 0.25) is 0 Å². The molecule has 8 heteroatoms. The molecule has 0 saturated heterocycles. The highest BCUT2D eigenvalue weighted by Crippen LogP contribution is 2.24. The van der Waals surface area contributed by atoms with Crippen molar-refractivity contribution in [3.63, 3.8) is 0 Å². The molecule has 0 aromatic carbocycles. The third kappa shape index (κ3) is 4.02. The lowest BCUT2D eigenvalue weighted by atomic mass is 10.3. The summed E-state index contributed by atoms with van der Waals surface area (Å²) in [5.41, 5.74) is 0. The van der Waals surface area contributed by atoms with Crippen LogP contribution in [-0.4, -0.2) is 41.3 Å². The molecule has 0 bridgehead atoms. The zero-order chi connectivity index (χ0) is 14.4. The standard InChI is InChI=1S/C11H15N3O4S/c1-3-12-9(15)7-13(4-2)11(16)8-5-6-10(19-8)14(17)18/h5-6H,3-4,7H2,1-2H3,(H,12,15). The quantitative estimate of drug-likeness (QED) is 0.629. The minimum atomic E-state index is -0.540. The van der Waals surface area contributed by atoms with Gasteiger partial charge in [0.25, 0.3) is 5.91 Å². The van der Waals surface area contributed by atoms with E-state index < -0.39 is 4.92 Å². The summed E-state index contributed by atoms with van der Waals surface area (Å²) in [5.74, 6) is -0.615. The minimum Gasteiger partial charge on any atom is -0.355 e. The van der Waals surface area contributed by atoms with Gasteiger partial charge in [-0.2, -0.15) is 0 Å². The second-order valence-corrected chi connectivity index (χ2v) is 4.73. The van der Waals surface area contributed by atoms with Crippen molar-refractivity contribution in [3.8, 4) is 0 Å². The molecule has 1 aromatic rings. The first-order chi connectivity index (χ1) is 8.99. The Kier molecular flexibility index (Phi) is 5.43. The maximum absolute atomic E-state index is 12.1. The van der Waals surface area contributed by atoms with Crippen LogP contribution in [0, 0.1) is 10.1 Å². The van der Waals surface area contributed by atoms with Crippen LogP contribution in [-0.2, 0) is 4.79 Å². The van der Waals surface area contributed by atoms with Crippen LogP contribution in [0.3, 0.4) is 0 Å². The fourth-order valence-electron chi connectivity index (χ4n) is 1.45. The molecule has 19 heavy (non-hydrogen) atoms. The molecule has 0 atom stereocenters. The third-order valence-corrected chi connectivity index (χ3v) is 3.38. The summed E-state index contributed by atoms with van der Waals surface area (Å²) in [7, 11) is 0. The molecule has 1 aromatic heterocycles. The fraction of sp³-hybridized carbons (Fsp3) is 0.455. The van der Waals surface area contributed by atoms with Gasteiger partial charge < -0.3 is 10.2 Å². The van der Waals surface area contributed by atoms with Gasteiger partial charge >= 0.3 is 5.00 Å². The monoisotopic (exact) mass is 285 g/mol. The molecule has 0 spiro atoms. The topological polar surface area (TPSA) is 92.6 Å². The first-order valence-corrected chi connectivity index (χ1v) is 6.61. The van der Waals surface area contributed by atoms with E-state index in [1.165, 1.54) is 17.0 Å². The second-order valence-electron chi connectivity index (χ2n) is 3.67. The molecule has 0 unspecified atom stereocenters. The van der Waals surface area contributed by atoms with E-state index in [-0.39, 0.29) is 28.2 Å². The van der Waals surface area contributed by atoms with Crippen molar-refractivity contribution in [2.45, 2.75) is 13.8 Å². The number of carbonyl (C=O) groups is 2. The molecule has 1 heterocycles. The van der Waals surface area contributed by atoms with Gasteiger partial charge in [0.05, 0.1) is 16.3 Å². The van der Waals surface area contributed by atoms with Crippen molar-refractivity contribution in [2.24, 2.45) is 0 Å². The first kappa shape index (κ1) is 15.1. The smallest absolute Gasteiger partial charge is 0.324 e. The van der Waals surface area contributed by atoms with Gasteiger partial charge in [0.2, 0.25) is 5.91 Å². The summed E-state index contributed by atoms with van der Waals surface area (Å²) < 4.78 is 0. The zero-order valence-electron chi connectivity index (χ0n) is 10.7. The maximum atomic E-state index is 12.1. The van der Waals surface area contributed by atoms with E-state index in [0.29, 0.717) is 13.1 Å². The number of likely N-dealkylation sites (N-methyl/N-ethyl adjacent to an activating group) is 2. The van der Waals surface area contributed by atoms with Gasteiger partial charge in [-0.15, -0.1) is 0 Å². The van der Waals surface area contributed by atoms with Gasteiger partial charge in [0.1, 0.15) is 0 Å². The van der Waals surface area contributed by atoms with Gasteiger partial charge in [-0.05, 0) is 19.9 Å². The SMILES string of the molecule is CCNC(=O)CN(CC)C(=O)c1ccc([N+](=O)[O-])s1. The number of rotatable bonds is 6. The largest absolute Gasteiger partial charge is 0.355 e. The van der Waals surface area contributed by atoms with Gasteiger partial charge in [-0.3, -0.25) is 19.7 Å². The highest BCUT2D eigenvalue weighted by molar-refractivity contribution is 7.17. The molecule has 1 N–H and O–H groups in total. The van der Waals surface area contributed by atoms with Crippen LogP contribution in [0.5, 0.6) is 0 Å². The van der Waals surface area contributed by atoms with E-state index in [1.807, 2.05) is 0 Å². The van der Waals surface area contributed by atoms with Crippen LogP contribution >= 0.6 is 11.3 Å². The average Bonchev–Trinajstić information content (AvgIpc) is 2.85. The number of hydrogen-bond acceptors (Lipinski definition) is 5. The van der Waals surface area contributed by atoms with Crippen LogP contribution in [0.1, 0.15) is 23.5 Å². The van der Waals surface area contributed by atoms with E-state index in [9.17, 15) is 19.7 Å². The van der Waals surface area contributed by atoms with Crippen molar-refractivity contribution >= 4 is 28.2 Å². The summed E-state index contributed by atoms with van der Waals surface area (Å²) in [4.78, 5) is 35.2. The van der Waals surface area contributed by atoms with E-state index in [4.69, 9.17) is 0 Å². The Hall–Kier alpha value is -1.96. The summed E-state index contributed by atoms with van der Waals surface area (Å²) in [6, 6.07) is 2.70. The van der Waals surface area contributed by atoms with Crippen molar-refractivity contribution in [1.82, 2.24) is 10.2 Å². The molecule has 0 aliphatic heterocycles.